The third-order valence-corrected chi connectivity index (χ3v) is 4.67. The molecule has 2 unspecified atom stereocenters. The molecule has 1 heterocycles. The lowest BCUT2D eigenvalue weighted by Gasteiger charge is -2.43. The number of anilines is 1. The van der Waals surface area contributed by atoms with Crippen molar-refractivity contribution in [3.63, 3.8) is 0 Å². The van der Waals surface area contributed by atoms with E-state index in [0.29, 0.717) is 18.0 Å². The van der Waals surface area contributed by atoms with Gasteiger partial charge in [0, 0.05) is 29.6 Å². The number of hydrogen-bond acceptors (Lipinski definition) is 3. The predicted octanol–water partition coefficient (Wildman–Crippen LogP) is 3.67. The van der Waals surface area contributed by atoms with Gasteiger partial charge < -0.3 is 15.0 Å². The first kappa shape index (κ1) is 15.6. The quantitative estimate of drug-likeness (QED) is 0.904. The van der Waals surface area contributed by atoms with E-state index in [2.05, 4.69) is 53.0 Å². The van der Waals surface area contributed by atoms with E-state index in [4.69, 9.17) is 4.74 Å². The summed E-state index contributed by atoms with van der Waals surface area (Å²) in [6.07, 6.45) is 1.13. The molecule has 3 nitrogen and oxygen atoms in total. The molecule has 1 aromatic rings. The molecule has 1 N–H and O–H groups in total. The van der Waals surface area contributed by atoms with Crippen molar-refractivity contribution in [1.29, 1.82) is 0 Å². The zero-order chi connectivity index (χ0) is 14.7. The number of nitrogens with one attached hydrogen (secondary N) is 1. The molecule has 4 heteroatoms. The second-order valence-electron chi connectivity index (χ2n) is 5.79. The number of halogens is 1. The Morgan fingerprint density at radius 2 is 2.20 bits per heavy atom. The van der Waals surface area contributed by atoms with E-state index in [-0.39, 0.29) is 0 Å². The molecule has 20 heavy (non-hydrogen) atoms. The molecule has 2 rings (SSSR count). The van der Waals surface area contributed by atoms with Crippen molar-refractivity contribution >= 4 is 21.6 Å². The molecule has 1 aliphatic rings. The molecule has 0 saturated carbocycles. The van der Waals surface area contributed by atoms with Crippen LogP contribution in [-0.2, 0) is 0 Å². The van der Waals surface area contributed by atoms with Gasteiger partial charge in [-0.2, -0.15) is 0 Å². The second-order valence-corrected chi connectivity index (χ2v) is 6.71. The Bertz CT molecular complexity index is 450. The van der Waals surface area contributed by atoms with Crippen LogP contribution in [0.3, 0.4) is 0 Å². The van der Waals surface area contributed by atoms with Gasteiger partial charge in [0.25, 0.3) is 0 Å². The average molecular weight is 341 g/mol. The van der Waals surface area contributed by atoms with E-state index in [0.717, 1.165) is 29.7 Å². The lowest BCUT2D eigenvalue weighted by Crippen LogP contribution is -2.58. The van der Waals surface area contributed by atoms with Crippen LogP contribution in [0.5, 0.6) is 5.75 Å². The topological polar surface area (TPSA) is 24.5 Å². The summed E-state index contributed by atoms with van der Waals surface area (Å²) in [5.74, 6) is 1.59. The van der Waals surface area contributed by atoms with Crippen molar-refractivity contribution in [3.05, 3.63) is 22.7 Å². The van der Waals surface area contributed by atoms with Crippen molar-refractivity contribution in [1.82, 2.24) is 5.32 Å². The van der Waals surface area contributed by atoms with Crippen LogP contribution < -0.4 is 15.0 Å². The van der Waals surface area contributed by atoms with E-state index in [1.54, 1.807) is 7.11 Å². The average Bonchev–Trinajstić information content (AvgIpc) is 2.46. The molecule has 0 spiro atoms. The standard InChI is InChI=1S/C16H25BrN2O/c1-5-13-9-18-14(11(2)3)10-19(13)15-8-12(17)6-7-16(15)20-4/h6-8,11,13-14,18H,5,9-10H2,1-4H3. The van der Waals surface area contributed by atoms with Crippen molar-refractivity contribution in [2.75, 3.05) is 25.1 Å². The smallest absolute Gasteiger partial charge is 0.142 e. The molecular formula is C16H25BrN2O. The van der Waals surface area contributed by atoms with Gasteiger partial charge in [0.05, 0.1) is 12.8 Å². The van der Waals surface area contributed by atoms with Crippen LogP contribution >= 0.6 is 15.9 Å². The number of benzene rings is 1. The van der Waals surface area contributed by atoms with Gasteiger partial charge in [-0.15, -0.1) is 0 Å². The summed E-state index contributed by atoms with van der Waals surface area (Å²) < 4.78 is 6.66. The number of ether oxygens (including phenoxy) is 1. The lowest BCUT2D eigenvalue weighted by atomic mass is 9.97. The van der Waals surface area contributed by atoms with Gasteiger partial charge in [-0.05, 0) is 30.5 Å². The van der Waals surface area contributed by atoms with Crippen LogP contribution in [0.4, 0.5) is 5.69 Å². The third-order valence-electron chi connectivity index (χ3n) is 4.18. The first-order valence-corrected chi connectivity index (χ1v) is 8.19. The summed E-state index contributed by atoms with van der Waals surface area (Å²) >= 11 is 3.58. The predicted molar refractivity (Wildman–Crippen MR) is 88.7 cm³/mol. The van der Waals surface area contributed by atoms with Crippen LogP contribution in [-0.4, -0.2) is 32.3 Å². The normalized spacial score (nSPS) is 23.2. The van der Waals surface area contributed by atoms with Crippen LogP contribution in [0.1, 0.15) is 27.2 Å². The highest BCUT2D eigenvalue weighted by Crippen LogP contribution is 2.34. The molecular weight excluding hydrogens is 316 g/mol. The molecule has 0 aromatic heterocycles. The number of hydrogen-bond donors (Lipinski definition) is 1. The van der Waals surface area contributed by atoms with Crippen LogP contribution in [0.2, 0.25) is 0 Å². The van der Waals surface area contributed by atoms with E-state index in [9.17, 15) is 0 Å². The molecule has 0 aliphatic carbocycles. The molecule has 1 saturated heterocycles. The van der Waals surface area contributed by atoms with E-state index in [1.165, 1.54) is 5.69 Å². The van der Waals surface area contributed by atoms with E-state index in [1.807, 2.05) is 12.1 Å². The third kappa shape index (κ3) is 3.29. The maximum atomic E-state index is 5.56. The maximum absolute atomic E-state index is 5.56. The van der Waals surface area contributed by atoms with Gasteiger partial charge in [-0.1, -0.05) is 36.7 Å². The fourth-order valence-electron chi connectivity index (χ4n) is 2.82. The minimum Gasteiger partial charge on any atom is -0.495 e. The van der Waals surface area contributed by atoms with Crippen LogP contribution in [0, 0.1) is 5.92 Å². The lowest BCUT2D eigenvalue weighted by molar-refractivity contribution is 0.321. The summed E-state index contributed by atoms with van der Waals surface area (Å²) in [5, 5.41) is 3.68. The van der Waals surface area contributed by atoms with Gasteiger partial charge in [-0.25, -0.2) is 0 Å². The minimum atomic E-state index is 0.521. The van der Waals surface area contributed by atoms with Gasteiger partial charge >= 0.3 is 0 Å². The summed E-state index contributed by atoms with van der Waals surface area (Å²) in [4.78, 5) is 2.50. The molecule has 1 aliphatic heterocycles. The number of rotatable bonds is 4. The fraction of sp³-hybridized carbons (Fsp3) is 0.625. The van der Waals surface area contributed by atoms with E-state index < -0.39 is 0 Å². The summed E-state index contributed by atoms with van der Waals surface area (Å²) in [6.45, 7) is 8.87. The number of methoxy groups -OCH3 is 1. The molecule has 2 atom stereocenters. The Hall–Kier alpha value is -0.740. The Morgan fingerprint density at radius 1 is 1.45 bits per heavy atom. The summed E-state index contributed by atoms with van der Waals surface area (Å²) in [7, 11) is 1.75. The first-order valence-electron chi connectivity index (χ1n) is 7.40. The van der Waals surface area contributed by atoms with E-state index >= 15 is 0 Å². The molecule has 0 radical (unpaired) electrons. The van der Waals surface area contributed by atoms with Gasteiger partial charge in [0.15, 0.2) is 0 Å². The first-order chi connectivity index (χ1) is 9.56. The van der Waals surface area contributed by atoms with Gasteiger partial charge in [-0.3, -0.25) is 0 Å². The highest BCUT2D eigenvalue weighted by atomic mass is 79.9. The Morgan fingerprint density at radius 3 is 2.80 bits per heavy atom. The SMILES string of the molecule is CCC1CNC(C(C)C)CN1c1cc(Br)ccc1OC. The highest BCUT2D eigenvalue weighted by Gasteiger charge is 2.30. The molecule has 1 aromatic carbocycles. The van der Waals surface area contributed by atoms with Crippen molar-refractivity contribution in [3.8, 4) is 5.75 Å². The van der Waals surface area contributed by atoms with Crippen molar-refractivity contribution in [2.24, 2.45) is 5.92 Å². The molecule has 0 amide bonds. The molecule has 1 fully saturated rings. The number of piperazine rings is 1. The van der Waals surface area contributed by atoms with Crippen molar-refractivity contribution in [2.45, 2.75) is 39.3 Å². The zero-order valence-electron chi connectivity index (χ0n) is 12.8. The van der Waals surface area contributed by atoms with Gasteiger partial charge in [0.2, 0.25) is 0 Å². The minimum absolute atomic E-state index is 0.521. The second kappa shape index (κ2) is 6.81. The molecule has 112 valence electrons. The Labute approximate surface area is 130 Å². The maximum Gasteiger partial charge on any atom is 0.142 e. The van der Waals surface area contributed by atoms with Gasteiger partial charge in [0.1, 0.15) is 5.75 Å². The highest BCUT2D eigenvalue weighted by molar-refractivity contribution is 9.10. The zero-order valence-corrected chi connectivity index (χ0v) is 14.4. The van der Waals surface area contributed by atoms with Crippen LogP contribution in [0.15, 0.2) is 22.7 Å². The van der Waals surface area contributed by atoms with Crippen molar-refractivity contribution < 1.29 is 4.74 Å². The number of nitrogens with zero attached hydrogens (tertiary/aromatic N) is 1. The Kier molecular flexibility index (Phi) is 5.33. The fourth-order valence-corrected chi connectivity index (χ4v) is 3.17. The Balaban J connectivity index is 2.33. The molecule has 0 bridgehead atoms. The summed E-state index contributed by atoms with van der Waals surface area (Å²) in [5.41, 5.74) is 1.20. The monoisotopic (exact) mass is 340 g/mol. The summed E-state index contributed by atoms with van der Waals surface area (Å²) in [6, 6.07) is 7.29. The largest absolute Gasteiger partial charge is 0.495 e. The van der Waals surface area contributed by atoms with Crippen LogP contribution in [0.25, 0.3) is 0 Å².